The van der Waals surface area contributed by atoms with E-state index in [-0.39, 0.29) is 5.82 Å². The Kier molecular flexibility index (Phi) is 4.96. The highest BCUT2D eigenvalue weighted by molar-refractivity contribution is 5.57. The first-order valence-corrected chi connectivity index (χ1v) is 9.40. The van der Waals surface area contributed by atoms with Crippen LogP contribution in [0.3, 0.4) is 0 Å². The van der Waals surface area contributed by atoms with Crippen molar-refractivity contribution in [2.45, 2.75) is 38.8 Å². The number of hydrogen-bond donors (Lipinski definition) is 0. The highest BCUT2D eigenvalue weighted by Crippen LogP contribution is 2.29. The molecule has 0 bridgehead atoms. The number of methoxy groups -OCH3 is 1. The largest absolute Gasteiger partial charge is 0.497 e. The average molecular weight is 359 g/mol. The molecule has 2 aliphatic rings. The molecule has 0 spiro atoms. The molecule has 0 N–H and O–H groups in total. The predicted octanol–water partition coefficient (Wildman–Crippen LogP) is 3.47. The average Bonchev–Trinajstić information content (AvgIpc) is 3.02. The van der Waals surface area contributed by atoms with Crippen molar-refractivity contribution in [1.82, 2.24) is 14.8 Å². The number of ether oxygens (including phenoxy) is 1. The zero-order valence-corrected chi connectivity index (χ0v) is 15.5. The van der Waals surface area contributed by atoms with E-state index in [9.17, 15) is 4.39 Å². The van der Waals surface area contributed by atoms with E-state index in [2.05, 4.69) is 14.8 Å². The lowest BCUT2D eigenvalue weighted by atomic mass is 9.99. The fraction of sp³-hybridized carbons (Fsp3) is 0.550. The van der Waals surface area contributed by atoms with Gasteiger partial charge < -0.3 is 9.15 Å². The van der Waals surface area contributed by atoms with Crippen molar-refractivity contribution in [2.24, 2.45) is 0 Å². The summed E-state index contributed by atoms with van der Waals surface area (Å²) in [7, 11) is 1.56. The van der Waals surface area contributed by atoms with Crippen LogP contribution >= 0.6 is 0 Å². The number of aryl methyl sites for hydroxylation is 1. The zero-order chi connectivity index (χ0) is 18.1. The minimum atomic E-state index is -0.352. The van der Waals surface area contributed by atoms with Gasteiger partial charge in [0.25, 0.3) is 0 Å². The van der Waals surface area contributed by atoms with E-state index >= 15 is 0 Å². The van der Waals surface area contributed by atoms with Crippen LogP contribution in [0.25, 0.3) is 11.5 Å². The molecule has 140 valence electrons. The number of piperidine rings is 1. The quantitative estimate of drug-likeness (QED) is 0.836. The third-order valence-electron chi connectivity index (χ3n) is 5.59. The first-order valence-electron chi connectivity index (χ1n) is 9.40. The fourth-order valence-electron chi connectivity index (χ4n) is 4.06. The lowest BCUT2D eigenvalue weighted by Gasteiger charge is -2.43. The van der Waals surface area contributed by atoms with Crippen molar-refractivity contribution in [3.05, 3.63) is 35.5 Å². The third kappa shape index (κ3) is 3.48. The van der Waals surface area contributed by atoms with Gasteiger partial charge in [0, 0.05) is 32.2 Å². The summed E-state index contributed by atoms with van der Waals surface area (Å²) in [5, 5.41) is 0. The summed E-state index contributed by atoms with van der Waals surface area (Å²) in [6.45, 7) is 7.15. The highest BCUT2D eigenvalue weighted by Gasteiger charge is 2.29. The van der Waals surface area contributed by atoms with E-state index in [0.29, 0.717) is 23.2 Å². The molecule has 2 saturated heterocycles. The molecule has 1 unspecified atom stereocenters. The van der Waals surface area contributed by atoms with Crippen LogP contribution < -0.4 is 4.74 Å². The molecule has 3 heterocycles. The molecule has 0 radical (unpaired) electrons. The Labute approximate surface area is 153 Å². The summed E-state index contributed by atoms with van der Waals surface area (Å²) in [5.74, 6) is 1.32. The summed E-state index contributed by atoms with van der Waals surface area (Å²) in [6.07, 6.45) is 3.94. The molecule has 6 heteroatoms. The Morgan fingerprint density at radius 1 is 1.27 bits per heavy atom. The normalized spacial score (nSPS) is 21.6. The highest BCUT2D eigenvalue weighted by atomic mass is 19.1. The Balaban J connectivity index is 1.50. The smallest absolute Gasteiger partial charge is 0.229 e. The number of aromatic nitrogens is 1. The number of rotatable bonds is 4. The molecule has 0 saturated carbocycles. The molecular formula is C20H26FN3O2. The van der Waals surface area contributed by atoms with Crippen molar-refractivity contribution in [3.63, 3.8) is 0 Å². The molecule has 1 aromatic carbocycles. The number of piperazine rings is 1. The second-order valence-corrected chi connectivity index (χ2v) is 7.29. The van der Waals surface area contributed by atoms with Gasteiger partial charge in [0.05, 0.1) is 18.4 Å². The third-order valence-corrected chi connectivity index (χ3v) is 5.59. The van der Waals surface area contributed by atoms with Gasteiger partial charge in [-0.25, -0.2) is 9.37 Å². The van der Waals surface area contributed by atoms with Gasteiger partial charge in [0.2, 0.25) is 5.89 Å². The molecule has 0 aliphatic carbocycles. The standard InChI is InChI=1S/C20H26FN3O2/c1-14-19(13-23-9-10-24-8-4-3-5-15(24)12-23)22-20(26-14)17-11-16(25-2)6-7-18(17)21/h6-7,11,15H,3-5,8-10,12-13H2,1-2H3. The summed E-state index contributed by atoms with van der Waals surface area (Å²) in [4.78, 5) is 9.66. The van der Waals surface area contributed by atoms with Crippen LogP contribution in [0.15, 0.2) is 22.6 Å². The molecule has 4 rings (SSSR count). The SMILES string of the molecule is COc1ccc(F)c(-c2nc(CN3CCN4CCCCC4C3)c(C)o2)c1. The van der Waals surface area contributed by atoms with Gasteiger partial charge in [-0.1, -0.05) is 6.42 Å². The Morgan fingerprint density at radius 2 is 2.15 bits per heavy atom. The topological polar surface area (TPSA) is 41.7 Å². The lowest BCUT2D eigenvalue weighted by Crippen LogP contribution is -2.54. The second-order valence-electron chi connectivity index (χ2n) is 7.29. The summed E-state index contributed by atoms with van der Waals surface area (Å²) >= 11 is 0. The van der Waals surface area contributed by atoms with Gasteiger partial charge >= 0.3 is 0 Å². The van der Waals surface area contributed by atoms with Gasteiger partial charge in [0.1, 0.15) is 17.3 Å². The summed E-state index contributed by atoms with van der Waals surface area (Å²) < 4.78 is 25.2. The first kappa shape index (κ1) is 17.5. The van der Waals surface area contributed by atoms with Crippen LogP contribution in [0.2, 0.25) is 0 Å². The molecule has 5 nitrogen and oxygen atoms in total. The van der Waals surface area contributed by atoms with Crippen LogP contribution in [0.1, 0.15) is 30.7 Å². The molecule has 2 fully saturated rings. The van der Waals surface area contributed by atoms with Gasteiger partial charge in [-0.3, -0.25) is 9.80 Å². The molecule has 1 atom stereocenters. The molecule has 2 aromatic rings. The Morgan fingerprint density at radius 3 is 3.00 bits per heavy atom. The van der Waals surface area contributed by atoms with E-state index in [1.54, 1.807) is 19.2 Å². The van der Waals surface area contributed by atoms with E-state index in [1.807, 2.05) is 6.92 Å². The molecule has 26 heavy (non-hydrogen) atoms. The predicted molar refractivity (Wildman–Crippen MR) is 97.7 cm³/mol. The van der Waals surface area contributed by atoms with Crippen molar-refractivity contribution in [2.75, 3.05) is 33.3 Å². The number of oxazole rings is 1. The van der Waals surface area contributed by atoms with Crippen molar-refractivity contribution < 1.29 is 13.5 Å². The van der Waals surface area contributed by atoms with Crippen molar-refractivity contribution >= 4 is 0 Å². The van der Waals surface area contributed by atoms with Crippen LogP contribution in [0.4, 0.5) is 4.39 Å². The van der Waals surface area contributed by atoms with Crippen molar-refractivity contribution in [3.8, 4) is 17.2 Å². The second kappa shape index (κ2) is 7.37. The van der Waals surface area contributed by atoms with E-state index in [0.717, 1.165) is 37.6 Å². The van der Waals surface area contributed by atoms with Crippen LogP contribution in [0.5, 0.6) is 5.75 Å². The molecule has 0 amide bonds. The minimum Gasteiger partial charge on any atom is -0.497 e. The fourth-order valence-corrected chi connectivity index (χ4v) is 4.06. The van der Waals surface area contributed by atoms with Gasteiger partial charge in [-0.2, -0.15) is 0 Å². The number of benzene rings is 1. The summed E-state index contributed by atoms with van der Waals surface area (Å²) in [6, 6.07) is 5.28. The minimum absolute atomic E-state index is 0.324. The maximum atomic E-state index is 14.2. The number of nitrogens with zero attached hydrogens (tertiary/aromatic N) is 3. The summed E-state index contributed by atoms with van der Waals surface area (Å²) in [5.41, 5.74) is 1.24. The van der Waals surface area contributed by atoms with Crippen LogP contribution in [-0.4, -0.2) is 54.1 Å². The lowest BCUT2D eigenvalue weighted by molar-refractivity contribution is 0.0450. The number of halogens is 1. The molecular weight excluding hydrogens is 333 g/mol. The van der Waals surface area contributed by atoms with Crippen molar-refractivity contribution in [1.29, 1.82) is 0 Å². The van der Waals surface area contributed by atoms with Gasteiger partial charge in [0.15, 0.2) is 0 Å². The van der Waals surface area contributed by atoms with E-state index < -0.39 is 0 Å². The van der Waals surface area contributed by atoms with E-state index in [1.165, 1.54) is 31.9 Å². The van der Waals surface area contributed by atoms with Gasteiger partial charge in [-0.15, -0.1) is 0 Å². The molecule has 2 aliphatic heterocycles. The van der Waals surface area contributed by atoms with Crippen LogP contribution in [0, 0.1) is 12.7 Å². The number of fused-ring (bicyclic) bond motifs is 1. The zero-order valence-electron chi connectivity index (χ0n) is 15.5. The molecule has 1 aromatic heterocycles. The van der Waals surface area contributed by atoms with Gasteiger partial charge in [-0.05, 0) is 44.5 Å². The van der Waals surface area contributed by atoms with E-state index in [4.69, 9.17) is 9.15 Å². The Hall–Kier alpha value is -1.92. The first-order chi connectivity index (χ1) is 12.6. The van der Waals surface area contributed by atoms with Crippen LogP contribution in [-0.2, 0) is 6.54 Å². The Bertz CT molecular complexity index is 776. The maximum absolute atomic E-state index is 14.2. The number of hydrogen-bond acceptors (Lipinski definition) is 5. The monoisotopic (exact) mass is 359 g/mol. The maximum Gasteiger partial charge on any atom is 0.229 e.